The monoisotopic (exact) mass is 497 g/mol. The fourth-order valence-corrected chi connectivity index (χ4v) is 5.69. The number of hydrogen-bond donors (Lipinski definition) is 0. The quantitative estimate of drug-likeness (QED) is 0.345. The van der Waals surface area contributed by atoms with Crippen LogP contribution >= 0.6 is 12.4 Å². The van der Waals surface area contributed by atoms with Crippen molar-refractivity contribution in [3.8, 4) is 0 Å². The first kappa shape index (κ1) is 26.1. The van der Waals surface area contributed by atoms with Crippen LogP contribution in [0.5, 0.6) is 0 Å². The number of nitrogens with zero attached hydrogens (tertiary/aromatic N) is 5. The topological polar surface area (TPSA) is 128 Å². The van der Waals surface area contributed by atoms with Gasteiger partial charge in [0.15, 0.2) is 12.0 Å². The van der Waals surface area contributed by atoms with Crippen molar-refractivity contribution in [3.05, 3.63) is 22.1 Å². The number of aromatic nitrogens is 2. The number of piperidine rings is 2. The second-order valence-corrected chi connectivity index (χ2v) is 9.28. The number of Topliss-reactive ketones (excluding diaryl/α,β-unsaturated/α-hetero) is 2. The van der Waals surface area contributed by atoms with Gasteiger partial charge in [0.25, 0.3) is 0 Å². The molecule has 2 atom stereocenters. The fraction of sp³-hybridized carbons (Fsp3) is 0.727. The molecule has 0 radical (unpaired) electrons. The average molecular weight is 498 g/mol. The van der Waals surface area contributed by atoms with E-state index in [1.165, 1.54) is 10.8 Å². The number of halogens is 1. The van der Waals surface area contributed by atoms with Crippen molar-refractivity contribution >= 4 is 35.9 Å². The molecule has 0 N–H and O–H groups in total. The van der Waals surface area contributed by atoms with Gasteiger partial charge in [-0.3, -0.25) is 14.5 Å². The van der Waals surface area contributed by atoms with Gasteiger partial charge in [-0.05, 0) is 50.1 Å². The van der Waals surface area contributed by atoms with E-state index in [9.17, 15) is 24.5 Å². The van der Waals surface area contributed by atoms with E-state index in [1.54, 1.807) is 18.7 Å². The van der Waals surface area contributed by atoms with Crippen molar-refractivity contribution in [2.24, 2.45) is 11.3 Å². The van der Waals surface area contributed by atoms with E-state index < -0.39 is 22.6 Å². The van der Waals surface area contributed by atoms with Crippen molar-refractivity contribution in [1.29, 1.82) is 0 Å². The Morgan fingerprint density at radius 3 is 2.47 bits per heavy atom. The van der Waals surface area contributed by atoms with Crippen LogP contribution in [-0.2, 0) is 14.3 Å². The van der Waals surface area contributed by atoms with E-state index in [-0.39, 0.29) is 42.3 Å². The van der Waals surface area contributed by atoms with Crippen molar-refractivity contribution in [1.82, 2.24) is 19.4 Å². The van der Waals surface area contributed by atoms with Crippen molar-refractivity contribution < 1.29 is 24.0 Å². The Morgan fingerprint density at radius 2 is 1.88 bits per heavy atom. The Balaban J connectivity index is 0.00000324. The summed E-state index contributed by atoms with van der Waals surface area (Å²) in [6.07, 6.45) is 3.35. The molecule has 34 heavy (non-hydrogen) atoms. The zero-order valence-corrected chi connectivity index (χ0v) is 20.4. The molecule has 1 aromatic rings. The molecule has 1 aliphatic carbocycles. The van der Waals surface area contributed by atoms with Crippen LogP contribution in [0.2, 0.25) is 0 Å². The Hall–Kier alpha value is -2.53. The summed E-state index contributed by atoms with van der Waals surface area (Å²) >= 11 is 0. The molecule has 3 aliphatic rings. The first-order valence-electron chi connectivity index (χ1n) is 11.7. The molecule has 3 heterocycles. The summed E-state index contributed by atoms with van der Waals surface area (Å²) in [6, 6.07) is 0. The summed E-state index contributed by atoms with van der Waals surface area (Å²) in [7, 11) is 0. The van der Waals surface area contributed by atoms with Gasteiger partial charge in [-0.25, -0.2) is 9.78 Å². The maximum Gasteiger partial charge on any atom is 0.413 e. The number of likely N-dealkylation sites (tertiary alicyclic amines) is 2. The van der Waals surface area contributed by atoms with E-state index in [0.29, 0.717) is 57.6 Å². The van der Waals surface area contributed by atoms with E-state index >= 15 is 0 Å². The van der Waals surface area contributed by atoms with Gasteiger partial charge in [-0.15, -0.1) is 12.4 Å². The highest BCUT2D eigenvalue weighted by molar-refractivity contribution is 6.12. The molecule has 188 valence electrons. The molecule has 12 heteroatoms. The van der Waals surface area contributed by atoms with Crippen molar-refractivity contribution in [2.75, 3.05) is 32.8 Å². The predicted octanol–water partition coefficient (Wildman–Crippen LogP) is 2.90. The number of ketones is 2. The van der Waals surface area contributed by atoms with Gasteiger partial charge >= 0.3 is 11.9 Å². The predicted molar refractivity (Wildman–Crippen MR) is 124 cm³/mol. The number of carbonyl (C=O) groups excluding carboxylic acids is 3. The number of rotatable bonds is 5. The Morgan fingerprint density at radius 1 is 1.24 bits per heavy atom. The molecule has 11 nitrogen and oxygen atoms in total. The Bertz CT molecular complexity index is 940. The molecule has 2 saturated heterocycles. The molecule has 1 aromatic heterocycles. The molecule has 0 bridgehead atoms. The largest absolute Gasteiger partial charge is 0.450 e. The van der Waals surface area contributed by atoms with Crippen LogP contribution in [0, 0.1) is 28.4 Å². The molecule has 1 saturated carbocycles. The van der Waals surface area contributed by atoms with Gasteiger partial charge in [0.1, 0.15) is 17.8 Å². The average Bonchev–Trinajstić information content (AvgIpc) is 3.31. The van der Waals surface area contributed by atoms with E-state index in [4.69, 9.17) is 4.74 Å². The van der Waals surface area contributed by atoms with Crippen LogP contribution < -0.4 is 0 Å². The van der Waals surface area contributed by atoms with Gasteiger partial charge in [0, 0.05) is 39.3 Å². The highest BCUT2D eigenvalue weighted by atomic mass is 35.5. The molecule has 1 amide bonds. The molecule has 1 spiro atoms. The standard InChI is InChI=1S/C22H31N5O6.ClH/c1-3-33-21(30)25-9-6-16(12-19(25)26-15(2)23-13-20(26)27(31)32)14-24-10-7-22(8-11-24)17(28)4-5-18(22)29;/h13,16,19H,3-12,14H2,1-2H3;1H. The minimum atomic E-state index is -0.763. The van der Waals surface area contributed by atoms with Gasteiger partial charge in [-0.2, -0.15) is 4.57 Å². The zero-order valence-electron chi connectivity index (χ0n) is 19.6. The third kappa shape index (κ3) is 4.68. The number of nitro groups is 1. The fourth-order valence-electron chi connectivity index (χ4n) is 5.69. The summed E-state index contributed by atoms with van der Waals surface area (Å²) in [5.74, 6) is 0.715. The zero-order chi connectivity index (χ0) is 23.8. The lowest BCUT2D eigenvalue weighted by molar-refractivity contribution is -0.393. The van der Waals surface area contributed by atoms with E-state index in [1.807, 2.05) is 0 Å². The summed E-state index contributed by atoms with van der Waals surface area (Å²) < 4.78 is 6.74. The SMILES string of the molecule is CCOC(=O)N1CCC(CN2CCC3(CC2)C(=O)CCC3=O)CC1n1c([N+](=O)[O-])cnc1C.Cl. The lowest BCUT2D eigenvalue weighted by Gasteiger charge is -2.41. The summed E-state index contributed by atoms with van der Waals surface area (Å²) in [4.78, 5) is 56.4. The van der Waals surface area contributed by atoms with Gasteiger partial charge < -0.3 is 19.8 Å². The third-order valence-corrected chi connectivity index (χ3v) is 7.50. The van der Waals surface area contributed by atoms with E-state index in [0.717, 1.165) is 13.0 Å². The minimum Gasteiger partial charge on any atom is -0.450 e. The minimum absolute atomic E-state index is 0. The number of carbonyl (C=O) groups is 3. The lowest BCUT2D eigenvalue weighted by atomic mass is 9.75. The van der Waals surface area contributed by atoms with Crippen LogP contribution in [0.15, 0.2) is 6.20 Å². The number of ether oxygens (including phenoxy) is 1. The van der Waals surface area contributed by atoms with Gasteiger partial charge in [-0.1, -0.05) is 0 Å². The highest BCUT2D eigenvalue weighted by Crippen LogP contribution is 2.42. The molecular weight excluding hydrogens is 466 g/mol. The second kappa shape index (κ2) is 10.4. The molecule has 4 rings (SSSR count). The number of hydrogen-bond acceptors (Lipinski definition) is 8. The van der Waals surface area contributed by atoms with Crippen LogP contribution in [0.25, 0.3) is 0 Å². The molecular formula is C22H32ClN5O6. The highest BCUT2D eigenvalue weighted by Gasteiger charge is 2.50. The molecule has 2 aliphatic heterocycles. The van der Waals surface area contributed by atoms with Gasteiger partial charge in [0.05, 0.1) is 12.0 Å². The summed E-state index contributed by atoms with van der Waals surface area (Å²) in [5.41, 5.74) is -0.763. The number of imidazole rings is 1. The first-order chi connectivity index (χ1) is 15.8. The molecule has 2 unspecified atom stereocenters. The van der Waals surface area contributed by atoms with Gasteiger partial charge in [0.2, 0.25) is 0 Å². The lowest BCUT2D eigenvalue weighted by Crippen LogP contribution is -2.49. The van der Waals surface area contributed by atoms with Crippen LogP contribution in [-0.4, -0.2) is 74.7 Å². The summed E-state index contributed by atoms with van der Waals surface area (Å²) in [5, 5.41) is 11.6. The maximum absolute atomic E-state index is 12.6. The number of amides is 1. The van der Waals surface area contributed by atoms with Crippen molar-refractivity contribution in [2.45, 2.75) is 58.5 Å². The Kier molecular flexibility index (Phi) is 7.97. The molecule has 3 fully saturated rings. The second-order valence-electron chi connectivity index (χ2n) is 9.28. The maximum atomic E-state index is 12.6. The van der Waals surface area contributed by atoms with Crippen LogP contribution in [0.1, 0.15) is 57.4 Å². The van der Waals surface area contributed by atoms with Crippen LogP contribution in [0.3, 0.4) is 0 Å². The van der Waals surface area contributed by atoms with E-state index in [2.05, 4.69) is 9.88 Å². The third-order valence-electron chi connectivity index (χ3n) is 7.50. The molecule has 0 aromatic carbocycles. The van der Waals surface area contributed by atoms with Crippen molar-refractivity contribution in [3.63, 3.8) is 0 Å². The number of aryl methyl sites for hydroxylation is 1. The van der Waals surface area contributed by atoms with Crippen LogP contribution in [0.4, 0.5) is 10.6 Å². The summed E-state index contributed by atoms with van der Waals surface area (Å²) in [6.45, 7) is 6.20. The first-order valence-corrected chi connectivity index (χ1v) is 11.7. The Labute approximate surface area is 204 Å². The smallest absolute Gasteiger partial charge is 0.413 e. The normalized spacial score (nSPS) is 24.8.